The fourth-order valence-electron chi connectivity index (χ4n) is 3.04. The van der Waals surface area contributed by atoms with Gasteiger partial charge in [-0.15, -0.1) is 0 Å². The predicted octanol–water partition coefficient (Wildman–Crippen LogP) is 3.05. The van der Waals surface area contributed by atoms with E-state index in [0.717, 1.165) is 5.56 Å². The number of Topliss-reactive ketones (excluding diaryl/α,β-unsaturated/α-hetero) is 1. The van der Waals surface area contributed by atoms with Crippen LogP contribution in [0.25, 0.3) is 0 Å². The minimum Gasteiger partial charge on any atom is -0.497 e. The van der Waals surface area contributed by atoms with Gasteiger partial charge < -0.3 is 4.74 Å². The van der Waals surface area contributed by atoms with Crippen LogP contribution >= 0.6 is 0 Å². The number of hydrogen-bond acceptors (Lipinski definition) is 4. The molecule has 132 valence electrons. The number of rotatable bonds is 6. The van der Waals surface area contributed by atoms with Crippen LogP contribution in [0.2, 0.25) is 0 Å². The Morgan fingerprint density at radius 1 is 1.12 bits per heavy atom. The largest absolute Gasteiger partial charge is 0.497 e. The van der Waals surface area contributed by atoms with Crippen LogP contribution in [-0.2, 0) is 16.4 Å². The standard InChI is InChI=1S/C19H21NO4S/c1-24-16-9-10-18-17(14-16)19(21)11-12-20(18)25(22,23)13-5-8-15-6-3-2-4-7-15/h2-4,6-7,9-10,14H,5,8,11-13H2,1H3. The van der Waals surface area contributed by atoms with Crippen LogP contribution in [0.3, 0.4) is 0 Å². The van der Waals surface area contributed by atoms with Gasteiger partial charge in [0.2, 0.25) is 10.0 Å². The first kappa shape index (κ1) is 17.5. The fraction of sp³-hybridized carbons (Fsp3) is 0.316. The minimum atomic E-state index is -3.47. The summed E-state index contributed by atoms with van der Waals surface area (Å²) in [6, 6.07) is 14.8. The number of fused-ring (bicyclic) bond motifs is 1. The summed E-state index contributed by atoms with van der Waals surface area (Å²) in [6.45, 7) is 0.200. The summed E-state index contributed by atoms with van der Waals surface area (Å²) in [5, 5.41) is 0. The van der Waals surface area contributed by atoms with Crippen molar-refractivity contribution >= 4 is 21.5 Å². The molecule has 1 aliphatic rings. The summed E-state index contributed by atoms with van der Waals surface area (Å²) < 4.78 is 32.1. The predicted molar refractivity (Wildman–Crippen MR) is 97.8 cm³/mol. The van der Waals surface area contributed by atoms with Crippen molar-refractivity contribution in [1.29, 1.82) is 0 Å². The van der Waals surface area contributed by atoms with E-state index in [-0.39, 0.29) is 24.5 Å². The van der Waals surface area contributed by atoms with Crippen LogP contribution in [0.5, 0.6) is 5.75 Å². The van der Waals surface area contributed by atoms with Crippen molar-refractivity contribution in [3.63, 3.8) is 0 Å². The second-order valence-corrected chi connectivity index (χ2v) is 8.05. The fourth-order valence-corrected chi connectivity index (χ4v) is 4.60. The molecule has 0 atom stereocenters. The van der Waals surface area contributed by atoms with Gasteiger partial charge in [-0.1, -0.05) is 30.3 Å². The molecule has 6 heteroatoms. The normalized spacial score (nSPS) is 14.3. The van der Waals surface area contributed by atoms with Gasteiger partial charge in [-0.05, 0) is 36.6 Å². The summed E-state index contributed by atoms with van der Waals surface area (Å²) in [6.07, 6.45) is 1.45. The van der Waals surface area contributed by atoms with Crippen LogP contribution in [0.4, 0.5) is 5.69 Å². The molecule has 25 heavy (non-hydrogen) atoms. The summed E-state index contributed by atoms with van der Waals surface area (Å²) >= 11 is 0. The van der Waals surface area contributed by atoms with Crippen molar-refractivity contribution in [2.75, 3.05) is 23.7 Å². The summed E-state index contributed by atoms with van der Waals surface area (Å²) in [5.41, 5.74) is 1.99. The zero-order chi connectivity index (χ0) is 17.9. The lowest BCUT2D eigenvalue weighted by Gasteiger charge is -2.30. The lowest BCUT2D eigenvalue weighted by Crippen LogP contribution is -2.38. The average Bonchev–Trinajstić information content (AvgIpc) is 2.62. The van der Waals surface area contributed by atoms with Crippen LogP contribution in [0.1, 0.15) is 28.8 Å². The second-order valence-electron chi connectivity index (χ2n) is 6.03. The van der Waals surface area contributed by atoms with Crippen molar-refractivity contribution in [2.45, 2.75) is 19.3 Å². The zero-order valence-corrected chi connectivity index (χ0v) is 15.0. The molecule has 2 aromatic carbocycles. The topological polar surface area (TPSA) is 63.7 Å². The van der Waals surface area contributed by atoms with Gasteiger partial charge in [-0.3, -0.25) is 9.10 Å². The maximum absolute atomic E-state index is 12.8. The molecule has 0 bridgehead atoms. The van der Waals surface area contributed by atoms with E-state index in [9.17, 15) is 13.2 Å². The zero-order valence-electron chi connectivity index (χ0n) is 14.1. The molecule has 0 fully saturated rings. The molecule has 0 amide bonds. The number of methoxy groups -OCH3 is 1. The van der Waals surface area contributed by atoms with E-state index in [1.54, 1.807) is 18.2 Å². The number of aryl methyl sites for hydroxylation is 1. The maximum atomic E-state index is 12.8. The molecule has 0 unspecified atom stereocenters. The van der Waals surface area contributed by atoms with Gasteiger partial charge in [-0.25, -0.2) is 8.42 Å². The Labute approximate surface area is 148 Å². The minimum absolute atomic E-state index is 0.0513. The van der Waals surface area contributed by atoms with Crippen LogP contribution in [0.15, 0.2) is 48.5 Å². The molecule has 0 aromatic heterocycles. The third-order valence-corrected chi connectivity index (χ3v) is 6.22. The Bertz CT molecular complexity index is 862. The number of hydrogen-bond donors (Lipinski definition) is 0. The Hall–Kier alpha value is -2.34. The molecule has 0 saturated heterocycles. The van der Waals surface area contributed by atoms with E-state index in [2.05, 4.69) is 0 Å². The Balaban J connectivity index is 1.76. The van der Waals surface area contributed by atoms with Gasteiger partial charge >= 0.3 is 0 Å². The first-order valence-electron chi connectivity index (χ1n) is 8.27. The highest BCUT2D eigenvalue weighted by Crippen LogP contribution is 2.32. The van der Waals surface area contributed by atoms with Crippen LogP contribution in [-0.4, -0.2) is 33.6 Å². The number of anilines is 1. The molecular weight excluding hydrogens is 338 g/mol. The van der Waals surface area contributed by atoms with E-state index in [0.29, 0.717) is 29.8 Å². The molecule has 0 radical (unpaired) electrons. The molecule has 1 heterocycles. The molecule has 0 aliphatic carbocycles. The number of ether oxygens (including phenoxy) is 1. The van der Waals surface area contributed by atoms with E-state index in [1.807, 2.05) is 30.3 Å². The molecular formula is C19H21NO4S. The van der Waals surface area contributed by atoms with Crippen molar-refractivity contribution in [3.8, 4) is 5.75 Å². The average molecular weight is 359 g/mol. The van der Waals surface area contributed by atoms with Crippen molar-refractivity contribution in [2.24, 2.45) is 0 Å². The quantitative estimate of drug-likeness (QED) is 0.795. The monoisotopic (exact) mass is 359 g/mol. The van der Waals surface area contributed by atoms with Gasteiger partial charge in [0.1, 0.15) is 5.75 Å². The highest BCUT2D eigenvalue weighted by molar-refractivity contribution is 7.92. The SMILES string of the molecule is COc1ccc2c(c1)C(=O)CCN2S(=O)(=O)CCCc1ccccc1. The van der Waals surface area contributed by atoms with Gasteiger partial charge in [-0.2, -0.15) is 0 Å². The molecule has 3 rings (SSSR count). The molecule has 1 aliphatic heterocycles. The van der Waals surface area contributed by atoms with Gasteiger partial charge in [0.05, 0.1) is 18.6 Å². The van der Waals surface area contributed by atoms with Crippen LogP contribution < -0.4 is 9.04 Å². The highest BCUT2D eigenvalue weighted by Gasteiger charge is 2.31. The van der Waals surface area contributed by atoms with E-state index in [1.165, 1.54) is 11.4 Å². The van der Waals surface area contributed by atoms with Gasteiger partial charge in [0.25, 0.3) is 0 Å². The van der Waals surface area contributed by atoms with E-state index in [4.69, 9.17) is 4.74 Å². The molecule has 0 N–H and O–H groups in total. The number of nitrogens with zero attached hydrogens (tertiary/aromatic N) is 1. The first-order valence-corrected chi connectivity index (χ1v) is 9.88. The number of carbonyl (C=O) groups excluding carboxylic acids is 1. The third-order valence-electron chi connectivity index (χ3n) is 4.36. The third kappa shape index (κ3) is 3.85. The van der Waals surface area contributed by atoms with E-state index < -0.39 is 10.0 Å². The lowest BCUT2D eigenvalue weighted by molar-refractivity contribution is 0.0981. The molecule has 0 spiro atoms. The van der Waals surface area contributed by atoms with E-state index >= 15 is 0 Å². The van der Waals surface area contributed by atoms with Crippen molar-refractivity contribution in [3.05, 3.63) is 59.7 Å². The Morgan fingerprint density at radius 3 is 2.60 bits per heavy atom. The maximum Gasteiger partial charge on any atom is 0.235 e. The Kier molecular flexibility index (Phi) is 5.08. The van der Waals surface area contributed by atoms with Crippen molar-refractivity contribution < 1.29 is 17.9 Å². The second kappa shape index (κ2) is 7.27. The van der Waals surface area contributed by atoms with Crippen molar-refractivity contribution in [1.82, 2.24) is 0 Å². The molecule has 5 nitrogen and oxygen atoms in total. The number of ketones is 1. The molecule has 2 aromatic rings. The summed E-state index contributed by atoms with van der Waals surface area (Å²) in [7, 11) is -1.95. The number of benzene rings is 2. The van der Waals surface area contributed by atoms with Gasteiger partial charge in [0.15, 0.2) is 5.78 Å². The highest BCUT2D eigenvalue weighted by atomic mass is 32.2. The number of sulfonamides is 1. The Morgan fingerprint density at radius 2 is 1.88 bits per heavy atom. The number of carbonyl (C=O) groups is 1. The lowest BCUT2D eigenvalue weighted by atomic mass is 10.0. The van der Waals surface area contributed by atoms with Gasteiger partial charge in [0, 0.05) is 18.5 Å². The summed E-state index contributed by atoms with van der Waals surface area (Å²) in [5.74, 6) is 0.557. The molecule has 0 saturated carbocycles. The summed E-state index contributed by atoms with van der Waals surface area (Å²) in [4.78, 5) is 12.1. The smallest absolute Gasteiger partial charge is 0.235 e. The van der Waals surface area contributed by atoms with Crippen LogP contribution in [0, 0.1) is 0 Å². The first-order chi connectivity index (χ1) is 12.0.